The van der Waals surface area contributed by atoms with Crippen molar-refractivity contribution in [2.75, 3.05) is 13.3 Å². The van der Waals surface area contributed by atoms with E-state index in [1.54, 1.807) is 17.8 Å². The van der Waals surface area contributed by atoms with Gasteiger partial charge in [0, 0.05) is 29.8 Å². The van der Waals surface area contributed by atoms with E-state index in [9.17, 15) is 10.5 Å². The monoisotopic (exact) mass is 379 g/mol. The quantitative estimate of drug-likeness (QED) is 0.492. The minimum absolute atomic E-state index is 0.0396. The smallest absolute Gasteiger partial charge is 0.137 e. The molecular weight excluding hydrogens is 362 g/mol. The summed E-state index contributed by atoms with van der Waals surface area (Å²) in [5, 5.41) is 20.2. The zero-order valence-corrected chi connectivity index (χ0v) is 16.2. The van der Waals surface area contributed by atoms with Crippen LogP contribution in [0.3, 0.4) is 0 Å². The predicted molar refractivity (Wildman–Crippen MR) is 109 cm³/mol. The second kappa shape index (κ2) is 9.73. The van der Waals surface area contributed by atoms with Crippen molar-refractivity contribution in [3.63, 3.8) is 0 Å². The average molecular weight is 380 g/mol. The largest absolute Gasteiger partial charge is 0.365 e. The highest BCUT2D eigenvalue weighted by Crippen LogP contribution is 2.31. The average Bonchev–Trinajstić information content (AvgIpc) is 2.66. The Bertz CT molecular complexity index is 889. The van der Waals surface area contributed by atoms with E-state index in [1.165, 1.54) is 5.56 Å². The van der Waals surface area contributed by atoms with Gasteiger partial charge in [-0.05, 0) is 24.0 Å². The molecule has 0 aliphatic carbocycles. The molecule has 2 aromatic rings. The molecule has 0 aliphatic heterocycles. The minimum Gasteiger partial charge on any atom is -0.365 e. The van der Waals surface area contributed by atoms with Crippen molar-refractivity contribution in [2.24, 2.45) is 0 Å². The summed E-state index contributed by atoms with van der Waals surface area (Å²) in [6.07, 6.45) is 3.83. The van der Waals surface area contributed by atoms with Crippen LogP contribution in [0.15, 0.2) is 71.3 Å². The molecule has 0 saturated heterocycles. The van der Waals surface area contributed by atoms with Gasteiger partial charge in [0.1, 0.15) is 17.7 Å². The van der Waals surface area contributed by atoms with Crippen LogP contribution in [0, 0.1) is 22.7 Å². The first-order chi connectivity index (χ1) is 12.6. The fourth-order valence-corrected chi connectivity index (χ4v) is 3.34. The Labute approximate surface area is 163 Å². The Morgan fingerprint density at radius 3 is 2.27 bits per heavy atom. The maximum Gasteiger partial charge on any atom is 0.137 e. The zero-order valence-electron chi connectivity index (χ0n) is 14.6. The van der Waals surface area contributed by atoms with Crippen LogP contribution in [0.5, 0.6) is 0 Å². The van der Waals surface area contributed by atoms with Crippen LogP contribution < -0.4 is 0 Å². The van der Waals surface area contributed by atoms with Crippen molar-refractivity contribution < 1.29 is 0 Å². The topological polar surface area (TPSA) is 50.8 Å². The lowest BCUT2D eigenvalue weighted by Gasteiger charge is -2.22. The third-order valence-electron chi connectivity index (χ3n) is 3.77. The van der Waals surface area contributed by atoms with Gasteiger partial charge in [-0.1, -0.05) is 60.1 Å². The number of thioether (sulfide) groups is 1. The highest BCUT2D eigenvalue weighted by atomic mass is 35.5. The summed E-state index contributed by atoms with van der Waals surface area (Å²) in [4.78, 5) is 2.09. The number of nitrogens with zero attached hydrogens (tertiary/aromatic N) is 3. The molecule has 2 aromatic carbocycles. The molecule has 130 valence electrons. The number of hydrogen-bond acceptors (Lipinski definition) is 4. The number of hydrogen-bond donors (Lipinski definition) is 0. The van der Waals surface area contributed by atoms with Crippen LogP contribution in [0.1, 0.15) is 11.1 Å². The molecule has 0 radical (unpaired) electrons. The standard InChI is InChI=1S/C21H18ClN3S/c1-25(15-16-8-4-3-5-9-16)21(26-2)12-19(17(13-23)14-24)18-10-6-7-11-20(18)22/h3-12H,15H2,1-2H3/b21-12-. The van der Waals surface area contributed by atoms with Crippen molar-refractivity contribution in [1.29, 1.82) is 10.5 Å². The Morgan fingerprint density at radius 2 is 1.69 bits per heavy atom. The molecule has 0 saturated carbocycles. The highest BCUT2D eigenvalue weighted by molar-refractivity contribution is 8.02. The number of nitriles is 2. The van der Waals surface area contributed by atoms with Crippen LogP contribution >= 0.6 is 23.4 Å². The molecule has 5 heteroatoms. The second-order valence-corrected chi connectivity index (χ2v) is 6.75. The molecule has 0 bridgehead atoms. The summed E-state index contributed by atoms with van der Waals surface area (Å²) in [6.45, 7) is 0.720. The number of benzene rings is 2. The molecule has 3 nitrogen and oxygen atoms in total. The Morgan fingerprint density at radius 1 is 1.08 bits per heavy atom. The van der Waals surface area contributed by atoms with Gasteiger partial charge in [-0.2, -0.15) is 10.5 Å². The maximum atomic E-state index is 9.38. The lowest BCUT2D eigenvalue weighted by Crippen LogP contribution is -2.15. The lowest BCUT2D eigenvalue weighted by atomic mass is 10.0. The van der Waals surface area contributed by atoms with Crippen molar-refractivity contribution in [3.05, 3.63) is 87.4 Å². The molecule has 2 rings (SSSR count). The molecule has 0 amide bonds. The summed E-state index contributed by atoms with van der Waals surface area (Å²) >= 11 is 7.87. The second-order valence-electron chi connectivity index (χ2n) is 5.52. The fourth-order valence-electron chi connectivity index (χ4n) is 2.49. The molecule has 0 fully saturated rings. The van der Waals surface area contributed by atoms with Crippen LogP contribution in [-0.4, -0.2) is 18.2 Å². The van der Waals surface area contributed by atoms with E-state index in [0.717, 1.165) is 11.6 Å². The molecule has 0 N–H and O–H groups in total. The third-order valence-corrected chi connectivity index (χ3v) is 4.95. The van der Waals surface area contributed by atoms with Crippen LogP contribution in [-0.2, 0) is 6.54 Å². The predicted octanol–water partition coefficient (Wildman–Crippen LogP) is 5.48. The molecule has 26 heavy (non-hydrogen) atoms. The van der Waals surface area contributed by atoms with Crippen molar-refractivity contribution in [1.82, 2.24) is 4.90 Å². The summed E-state index contributed by atoms with van der Waals surface area (Å²) < 4.78 is 0. The maximum absolute atomic E-state index is 9.38. The van der Waals surface area contributed by atoms with E-state index in [-0.39, 0.29) is 5.57 Å². The third kappa shape index (κ3) is 4.92. The first-order valence-electron chi connectivity index (χ1n) is 7.90. The molecule has 0 aliphatic rings. The van der Waals surface area contributed by atoms with Gasteiger partial charge in [-0.15, -0.1) is 11.8 Å². The highest BCUT2D eigenvalue weighted by Gasteiger charge is 2.13. The van der Waals surface area contributed by atoms with E-state index in [4.69, 9.17) is 11.6 Å². The van der Waals surface area contributed by atoms with E-state index in [2.05, 4.69) is 17.0 Å². The molecule has 0 heterocycles. The number of halogens is 1. The molecule has 0 atom stereocenters. The van der Waals surface area contributed by atoms with Crippen molar-refractivity contribution in [2.45, 2.75) is 6.54 Å². The van der Waals surface area contributed by atoms with Gasteiger partial charge < -0.3 is 4.90 Å². The van der Waals surface area contributed by atoms with Crippen LogP contribution in [0.25, 0.3) is 5.57 Å². The first-order valence-corrected chi connectivity index (χ1v) is 9.51. The Balaban J connectivity index is 2.47. The molecular formula is C21H18ClN3S. The Hall–Kier alpha value is -2.66. The van der Waals surface area contributed by atoms with Crippen molar-refractivity contribution in [3.8, 4) is 12.1 Å². The Kier molecular flexibility index (Phi) is 7.36. The normalized spacial score (nSPS) is 10.6. The zero-order chi connectivity index (χ0) is 18.9. The van der Waals surface area contributed by atoms with Gasteiger partial charge in [0.25, 0.3) is 0 Å². The van der Waals surface area contributed by atoms with E-state index >= 15 is 0 Å². The van der Waals surface area contributed by atoms with Crippen molar-refractivity contribution >= 4 is 28.9 Å². The van der Waals surface area contributed by atoms with E-state index in [1.807, 2.05) is 67.9 Å². The summed E-state index contributed by atoms with van der Waals surface area (Å²) in [5.41, 5.74) is 2.42. The van der Waals surface area contributed by atoms with E-state index < -0.39 is 0 Å². The van der Waals surface area contributed by atoms with Gasteiger partial charge in [-0.3, -0.25) is 0 Å². The van der Waals surface area contributed by atoms with Gasteiger partial charge in [0.2, 0.25) is 0 Å². The van der Waals surface area contributed by atoms with E-state index in [0.29, 0.717) is 16.2 Å². The number of rotatable bonds is 6. The minimum atomic E-state index is 0.0396. The SMILES string of the molecule is CS/C(=C\C(=C(C#N)C#N)c1ccccc1Cl)N(C)Cc1ccccc1. The van der Waals surface area contributed by atoms with Gasteiger partial charge in [-0.25, -0.2) is 0 Å². The lowest BCUT2D eigenvalue weighted by molar-refractivity contribution is 0.440. The van der Waals surface area contributed by atoms with Crippen LogP contribution in [0.2, 0.25) is 5.02 Å². The number of allylic oxidation sites excluding steroid dienone is 3. The molecule has 0 aromatic heterocycles. The van der Waals surface area contributed by atoms with Gasteiger partial charge in [0.15, 0.2) is 0 Å². The fraction of sp³-hybridized carbons (Fsp3) is 0.143. The van der Waals surface area contributed by atoms with Gasteiger partial charge in [0.05, 0.1) is 5.03 Å². The van der Waals surface area contributed by atoms with Crippen LogP contribution in [0.4, 0.5) is 0 Å². The molecule has 0 unspecified atom stereocenters. The summed E-state index contributed by atoms with van der Waals surface area (Å²) in [6, 6.07) is 21.3. The summed E-state index contributed by atoms with van der Waals surface area (Å²) in [7, 11) is 1.98. The first kappa shape index (κ1) is 19.7. The van der Waals surface area contributed by atoms with Gasteiger partial charge >= 0.3 is 0 Å². The molecule has 0 spiro atoms. The summed E-state index contributed by atoms with van der Waals surface area (Å²) in [5.74, 6) is 0.